The Kier molecular flexibility index (Phi) is 5.16. The smallest absolute Gasteiger partial charge is 0.131 e. The molecule has 4 nitrogen and oxygen atoms in total. The number of aryl methyl sites for hydroxylation is 1. The highest BCUT2D eigenvalue weighted by atomic mass is 16.2. The molecule has 0 spiro atoms. The highest BCUT2D eigenvalue weighted by Crippen LogP contribution is 2.29. The normalized spacial score (nSPS) is 19.1. The summed E-state index contributed by atoms with van der Waals surface area (Å²) in [5.41, 5.74) is 2.48. The number of hydrogen-bond acceptors (Lipinski definition) is 4. The van der Waals surface area contributed by atoms with Crippen LogP contribution in [0.5, 0.6) is 0 Å². The maximum absolute atomic E-state index is 8.99. The number of rotatable bonds is 6. The Morgan fingerprint density at radius 3 is 3.05 bits per heavy atom. The topological polar surface area (TPSA) is 48.4 Å². The van der Waals surface area contributed by atoms with E-state index in [0.29, 0.717) is 6.04 Å². The number of nitrogens with zero attached hydrogens (tertiary/aromatic N) is 2. The van der Waals surface area contributed by atoms with Gasteiger partial charge in [-0.05, 0) is 56.8 Å². The van der Waals surface area contributed by atoms with Crippen LogP contribution in [0.3, 0.4) is 0 Å². The zero-order valence-corrected chi connectivity index (χ0v) is 12.0. The van der Waals surface area contributed by atoms with Crippen molar-refractivity contribution in [2.75, 3.05) is 25.1 Å². The molecule has 1 aliphatic rings. The van der Waals surface area contributed by atoms with Crippen LogP contribution in [0.4, 0.5) is 5.82 Å². The summed E-state index contributed by atoms with van der Waals surface area (Å²) < 4.78 is 0. The zero-order chi connectivity index (χ0) is 13.7. The maximum Gasteiger partial charge on any atom is 0.131 e. The first-order valence-electron chi connectivity index (χ1n) is 7.24. The second kappa shape index (κ2) is 6.87. The number of aromatic nitrogens is 1. The standard InChI is InChI=1S/C15H25N3O/c1-12-9-13(10-16-2)11-17-15(12)18-7-3-5-14(18)6-4-8-19/h9,11,14,16,19H,3-8,10H2,1-2H3. The van der Waals surface area contributed by atoms with Gasteiger partial charge in [-0.15, -0.1) is 0 Å². The monoisotopic (exact) mass is 263 g/mol. The van der Waals surface area contributed by atoms with Crippen LogP contribution in [0.25, 0.3) is 0 Å². The van der Waals surface area contributed by atoms with Crippen LogP contribution in [0, 0.1) is 6.92 Å². The Bertz CT molecular complexity index is 408. The van der Waals surface area contributed by atoms with Crippen molar-refractivity contribution in [2.24, 2.45) is 0 Å². The minimum atomic E-state index is 0.290. The lowest BCUT2D eigenvalue weighted by Gasteiger charge is -2.27. The molecule has 0 aliphatic carbocycles. The number of hydrogen-bond donors (Lipinski definition) is 2. The van der Waals surface area contributed by atoms with Gasteiger partial charge in [-0.3, -0.25) is 0 Å². The summed E-state index contributed by atoms with van der Waals surface area (Å²) >= 11 is 0. The summed E-state index contributed by atoms with van der Waals surface area (Å²) in [6.07, 6.45) is 6.38. The molecule has 2 heterocycles. The molecule has 0 bridgehead atoms. The van der Waals surface area contributed by atoms with E-state index in [0.717, 1.165) is 31.7 Å². The first-order chi connectivity index (χ1) is 9.26. The Hall–Kier alpha value is -1.13. The van der Waals surface area contributed by atoms with Crippen molar-refractivity contribution in [1.29, 1.82) is 0 Å². The van der Waals surface area contributed by atoms with Gasteiger partial charge >= 0.3 is 0 Å². The van der Waals surface area contributed by atoms with E-state index >= 15 is 0 Å². The van der Waals surface area contributed by atoms with Crippen LogP contribution in [-0.2, 0) is 6.54 Å². The van der Waals surface area contributed by atoms with Gasteiger partial charge in [0.05, 0.1) is 0 Å². The fourth-order valence-electron chi connectivity index (χ4n) is 2.97. The molecule has 0 aromatic carbocycles. The van der Waals surface area contributed by atoms with Crippen LogP contribution in [0.1, 0.15) is 36.8 Å². The average Bonchev–Trinajstić information content (AvgIpc) is 2.85. The molecule has 1 aliphatic heterocycles. The largest absolute Gasteiger partial charge is 0.396 e. The van der Waals surface area contributed by atoms with Crippen molar-refractivity contribution in [1.82, 2.24) is 10.3 Å². The van der Waals surface area contributed by atoms with E-state index in [1.165, 1.54) is 24.0 Å². The highest BCUT2D eigenvalue weighted by Gasteiger charge is 2.26. The quantitative estimate of drug-likeness (QED) is 0.822. The molecule has 106 valence electrons. The van der Waals surface area contributed by atoms with E-state index in [1.54, 1.807) is 0 Å². The molecule has 0 amide bonds. The second-order valence-electron chi connectivity index (χ2n) is 5.37. The summed E-state index contributed by atoms with van der Waals surface area (Å²) in [5.74, 6) is 1.13. The van der Waals surface area contributed by atoms with E-state index < -0.39 is 0 Å². The molecule has 1 aromatic rings. The van der Waals surface area contributed by atoms with E-state index in [2.05, 4.69) is 28.2 Å². The first kappa shape index (κ1) is 14.3. The van der Waals surface area contributed by atoms with Gasteiger partial charge in [0.1, 0.15) is 5.82 Å². The molecule has 2 N–H and O–H groups in total. The minimum absolute atomic E-state index is 0.290. The van der Waals surface area contributed by atoms with Gasteiger partial charge in [0, 0.05) is 31.9 Å². The van der Waals surface area contributed by atoms with Crippen molar-refractivity contribution in [3.8, 4) is 0 Å². The molecule has 19 heavy (non-hydrogen) atoms. The van der Waals surface area contributed by atoms with Gasteiger partial charge in [0.25, 0.3) is 0 Å². The van der Waals surface area contributed by atoms with Gasteiger partial charge < -0.3 is 15.3 Å². The predicted octanol–water partition coefficient (Wildman–Crippen LogP) is 1.85. The fraction of sp³-hybridized carbons (Fsp3) is 0.667. The molecule has 1 fully saturated rings. The maximum atomic E-state index is 8.99. The summed E-state index contributed by atoms with van der Waals surface area (Å²) in [6, 6.07) is 2.77. The lowest BCUT2D eigenvalue weighted by atomic mass is 10.1. The summed E-state index contributed by atoms with van der Waals surface area (Å²) in [6.45, 7) is 4.39. The molecular weight excluding hydrogens is 238 g/mol. The Balaban J connectivity index is 2.11. The Morgan fingerprint density at radius 2 is 2.37 bits per heavy atom. The van der Waals surface area contributed by atoms with Gasteiger partial charge in [0.15, 0.2) is 0 Å². The Morgan fingerprint density at radius 1 is 1.53 bits per heavy atom. The van der Waals surface area contributed by atoms with Gasteiger partial charge in [-0.2, -0.15) is 0 Å². The van der Waals surface area contributed by atoms with Crippen molar-refractivity contribution in [3.05, 3.63) is 23.4 Å². The van der Waals surface area contributed by atoms with Crippen LogP contribution >= 0.6 is 0 Å². The van der Waals surface area contributed by atoms with Crippen molar-refractivity contribution in [3.63, 3.8) is 0 Å². The summed E-state index contributed by atoms with van der Waals surface area (Å²) in [7, 11) is 1.95. The molecule has 1 atom stereocenters. The summed E-state index contributed by atoms with van der Waals surface area (Å²) in [4.78, 5) is 7.09. The molecule has 1 saturated heterocycles. The van der Waals surface area contributed by atoms with Crippen LogP contribution in [0.2, 0.25) is 0 Å². The third-order valence-corrected chi connectivity index (χ3v) is 3.83. The van der Waals surface area contributed by atoms with Gasteiger partial charge in [-0.25, -0.2) is 4.98 Å². The molecule has 0 radical (unpaired) electrons. The molecule has 1 aromatic heterocycles. The number of aliphatic hydroxyl groups excluding tert-OH is 1. The first-order valence-corrected chi connectivity index (χ1v) is 7.24. The molecule has 4 heteroatoms. The van der Waals surface area contributed by atoms with Crippen molar-refractivity contribution < 1.29 is 5.11 Å². The van der Waals surface area contributed by atoms with Crippen LogP contribution in [0.15, 0.2) is 12.3 Å². The lowest BCUT2D eigenvalue weighted by molar-refractivity contribution is 0.279. The number of anilines is 1. The third kappa shape index (κ3) is 3.45. The average molecular weight is 263 g/mol. The fourth-order valence-corrected chi connectivity index (χ4v) is 2.97. The molecule has 0 saturated carbocycles. The van der Waals surface area contributed by atoms with Crippen molar-refractivity contribution >= 4 is 5.82 Å². The molecule has 1 unspecified atom stereocenters. The number of pyridine rings is 1. The Labute approximate surface area is 115 Å². The second-order valence-corrected chi connectivity index (χ2v) is 5.37. The number of aliphatic hydroxyl groups is 1. The minimum Gasteiger partial charge on any atom is -0.396 e. The predicted molar refractivity (Wildman–Crippen MR) is 78.4 cm³/mol. The molecular formula is C15H25N3O. The van der Waals surface area contributed by atoms with Crippen LogP contribution in [-0.4, -0.2) is 36.3 Å². The van der Waals surface area contributed by atoms with E-state index in [1.807, 2.05) is 13.2 Å². The van der Waals surface area contributed by atoms with E-state index in [4.69, 9.17) is 5.11 Å². The lowest BCUT2D eigenvalue weighted by Crippen LogP contribution is -2.30. The SMILES string of the molecule is CNCc1cnc(N2CCCC2CCCO)c(C)c1. The van der Waals surface area contributed by atoms with Gasteiger partial charge in [0.2, 0.25) is 0 Å². The van der Waals surface area contributed by atoms with Gasteiger partial charge in [-0.1, -0.05) is 0 Å². The van der Waals surface area contributed by atoms with Crippen LogP contribution < -0.4 is 10.2 Å². The zero-order valence-electron chi connectivity index (χ0n) is 12.0. The van der Waals surface area contributed by atoms with E-state index in [-0.39, 0.29) is 6.61 Å². The van der Waals surface area contributed by atoms with Crippen molar-refractivity contribution in [2.45, 2.75) is 45.2 Å². The van der Waals surface area contributed by atoms with E-state index in [9.17, 15) is 0 Å². The number of nitrogens with one attached hydrogen (secondary N) is 1. The highest BCUT2D eigenvalue weighted by molar-refractivity contribution is 5.49. The molecule has 2 rings (SSSR count). The third-order valence-electron chi connectivity index (χ3n) is 3.83. The summed E-state index contributed by atoms with van der Waals surface area (Å²) in [5, 5.41) is 12.1.